The number of carbonyl (C=O) groups is 1. The second kappa shape index (κ2) is 9.97. The SMILES string of the molecule is COc1ccc(NC(=O)Cn2nc3c(SCc4ccc(Cl)cc4)nccn3c2=O)c(OC)c1. The third kappa shape index (κ3) is 5.12. The molecule has 0 aliphatic heterocycles. The van der Waals surface area contributed by atoms with Crippen molar-refractivity contribution in [1.82, 2.24) is 19.2 Å². The zero-order chi connectivity index (χ0) is 23.4. The molecule has 11 heteroatoms. The molecule has 4 rings (SSSR count). The fourth-order valence-electron chi connectivity index (χ4n) is 3.09. The van der Waals surface area contributed by atoms with E-state index in [0.717, 1.165) is 10.2 Å². The minimum Gasteiger partial charge on any atom is -0.497 e. The van der Waals surface area contributed by atoms with Crippen molar-refractivity contribution in [2.24, 2.45) is 0 Å². The number of halogens is 1. The van der Waals surface area contributed by atoms with Crippen molar-refractivity contribution in [3.05, 3.63) is 75.9 Å². The van der Waals surface area contributed by atoms with E-state index in [9.17, 15) is 9.59 Å². The van der Waals surface area contributed by atoms with Crippen molar-refractivity contribution < 1.29 is 14.3 Å². The maximum absolute atomic E-state index is 12.8. The zero-order valence-electron chi connectivity index (χ0n) is 17.8. The van der Waals surface area contributed by atoms with Crippen LogP contribution in [-0.2, 0) is 17.1 Å². The van der Waals surface area contributed by atoms with Crippen molar-refractivity contribution in [2.75, 3.05) is 19.5 Å². The number of nitrogens with one attached hydrogen (secondary N) is 1. The molecule has 0 aliphatic carbocycles. The molecule has 33 heavy (non-hydrogen) atoms. The molecule has 2 aromatic heterocycles. The lowest BCUT2D eigenvalue weighted by molar-refractivity contribution is -0.117. The third-order valence-electron chi connectivity index (χ3n) is 4.73. The minimum atomic E-state index is -0.433. The molecule has 0 saturated carbocycles. The Morgan fingerprint density at radius 1 is 1.15 bits per heavy atom. The first-order valence-electron chi connectivity index (χ1n) is 9.82. The van der Waals surface area contributed by atoms with Crippen LogP contribution in [0.1, 0.15) is 5.56 Å². The molecule has 170 valence electrons. The summed E-state index contributed by atoms with van der Waals surface area (Å²) >= 11 is 7.38. The van der Waals surface area contributed by atoms with Gasteiger partial charge in [0.1, 0.15) is 23.1 Å². The summed E-state index contributed by atoms with van der Waals surface area (Å²) in [4.78, 5) is 29.7. The summed E-state index contributed by atoms with van der Waals surface area (Å²) in [6.45, 7) is -0.267. The quantitative estimate of drug-likeness (QED) is 0.381. The molecule has 2 aromatic carbocycles. The molecule has 0 fully saturated rings. The van der Waals surface area contributed by atoms with Crippen LogP contribution in [0.25, 0.3) is 5.65 Å². The highest BCUT2D eigenvalue weighted by Gasteiger charge is 2.16. The molecule has 0 unspecified atom stereocenters. The number of ether oxygens (including phenoxy) is 2. The Morgan fingerprint density at radius 3 is 2.67 bits per heavy atom. The van der Waals surface area contributed by atoms with Crippen LogP contribution in [0.2, 0.25) is 5.02 Å². The standard InChI is InChI=1S/C22H20ClN5O4S/c1-31-16-7-8-17(18(11-16)32-2)25-19(29)12-28-22(30)27-10-9-24-21(20(27)26-28)33-13-14-3-5-15(23)6-4-14/h3-11H,12-13H2,1-2H3,(H,25,29). The zero-order valence-corrected chi connectivity index (χ0v) is 19.4. The first kappa shape index (κ1) is 22.7. The number of benzene rings is 2. The molecule has 0 aliphatic rings. The summed E-state index contributed by atoms with van der Waals surface area (Å²) in [5.74, 6) is 1.24. The van der Waals surface area contributed by atoms with Gasteiger partial charge in [0.15, 0.2) is 5.65 Å². The Labute approximate surface area is 198 Å². The predicted octanol–water partition coefficient (Wildman–Crippen LogP) is 3.49. The number of nitrogens with zero attached hydrogens (tertiary/aromatic N) is 4. The van der Waals surface area contributed by atoms with E-state index in [2.05, 4.69) is 15.4 Å². The van der Waals surface area contributed by atoms with E-state index in [-0.39, 0.29) is 6.54 Å². The molecule has 0 saturated heterocycles. The molecular formula is C22H20ClN5O4S. The van der Waals surface area contributed by atoms with Gasteiger partial charge in [0.2, 0.25) is 5.91 Å². The maximum Gasteiger partial charge on any atom is 0.350 e. The number of methoxy groups -OCH3 is 2. The van der Waals surface area contributed by atoms with Crippen LogP contribution in [0.3, 0.4) is 0 Å². The average molecular weight is 486 g/mol. The van der Waals surface area contributed by atoms with E-state index < -0.39 is 11.6 Å². The van der Waals surface area contributed by atoms with Crippen molar-refractivity contribution >= 4 is 40.6 Å². The van der Waals surface area contributed by atoms with Crippen LogP contribution in [0.15, 0.2) is 64.7 Å². The van der Waals surface area contributed by atoms with Gasteiger partial charge >= 0.3 is 5.69 Å². The lowest BCUT2D eigenvalue weighted by Gasteiger charge is -2.11. The van der Waals surface area contributed by atoms with Gasteiger partial charge in [-0.2, -0.15) is 0 Å². The van der Waals surface area contributed by atoms with Crippen molar-refractivity contribution in [2.45, 2.75) is 17.3 Å². The van der Waals surface area contributed by atoms with E-state index in [1.165, 1.54) is 35.7 Å². The summed E-state index contributed by atoms with van der Waals surface area (Å²) in [5, 5.41) is 8.33. The smallest absolute Gasteiger partial charge is 0.350 e. The number of thioether (sulfide) groups is 1. The van der Waals surface area contributed by atoms with Crippen LogP contribution in [-0.4, -0.2) is 39.3 Å². The van der Waals surface area contributed by atoms with Gasteiger partial charge in [-0.15, -0.1) is 5.10 Å². The lowest BCUT2D eigenvalue weighted by atomic mass is 10.2. The second-order valence-electron chi connectivity index (χ2n) is 6.90. The van der Waals surface area contributed by atoms with Crippen LogP contribution >= 0.6 is 23.4 Å². The van der Waals surface area contributed by atoms with Crippen LogP contribution < -0.4 is 20.5 Å². The highest BCUT2D eigenvalue weighted by Crippen LogP contribution is 2.29. The highest BCUT2D eigenvalue weighted by atomic mass is 35.5. The Hall–Kier alpha value is -3.50. The number of rotatable bonds is 8. The van der Waals surface area contributed by atoms with E-state index in [1.54, 1.807) is 25.3 Å². The average Bonchev–Trinajstić information content (AvgIpc) is 3.14. The summed E-state index contributed by atoms with van der Waals surface area (Å²) in [6, 6.07) is 12.5. The number of carbonyl (C=O) groups excluding carboxylic acids is 1. The second-order valence-corrected chi connectivity index (χ2v) is 8.30. The topological polar surface area (TPSA) is 99.7 Å². The molecule has 0 spiro atoms. The highest BCUT2D eigenvalue weighted by molar-refractivity contribution is 7.98. The van der Waals surface area contributed by atoms with Crippen molar-refractivity contribution in [3.8, 4) is 11.5 Å². The summed E-state index contributed by atoms with van der Waals surface area (Å²) in [5.41, 5.74) is 1.47. The third-order valence-corrected chi connectivity index (χ3v) is 6.03. The Kier molecular flexibility index (Phi) is 6.85. The molecule has 1 N–H and O–H groups in total. The minimum absolute atomic E-state index is 0.267. The van der Waals surface area contributed by atoms with Gasteiger partial charge in [0.25, 0.3) is 0 Å². The van der Waals surface area contributed by atoms with E-state index in [1.807, 2.05) is 24.3 Å². The molecule has 1 amide bonds. The van der Waals surface area contributed by atoms with Crippen LogP contribution in [0.5, 0.6) is 11.5 Å². The number of fused-ring (bicyclic) bond motifs is 1. The number of hydrogen-bond donors (Lipinski definition) is 1. The molecule has 9 nitrogen and oxygen atoms in total. The number of amides is 1. The Balaban J connectivity index is 1.52. The van der Waals surface area contributed by atoms with Gasteiger partial charge in [-0.1, -0.05) is 35.5 Å². The van der Waals surface area contributed by atoms with Gasteiger partial charge in [-0.3, -0.25) is 4.79 Å². The van der Waals surface area contributed by atoms with Crippen molar-refractivity contribution in [1.29, 1.82) is 0 Å². The van der Waals surface area contributed by atoms with E-state index in [4.69, 9.17) is 21.1 Å². The Bertz CT molecular complexity index is 1350. The van der Waals surface area contributed by atoms with E-state index in [0.29, 0.717) is 38.6 Å². The van der Waals surface area contributed by atoms with Gasteiger partial charge < -0.3 is 14.8 Å². The number of hydrogen-bond acceptors (Lipinski definition) is 7. The first-order valence-corrected chi connectivity index (χ1v) is 11.2. The number of anilines is 1. The maximum atomic E-state index is 12.8. The monoisotopic (exact) mass is 485 g/mol. The molecule has 0 bridgehead atoms. The summed E-state index contributed by atoms with van der Waals surface area (Å²) in [7, 11) is 3.03. The van der Waals surface area contributed by atoms with Gasteiger partial charge in [0.05, 0.1) is 19.9 Å². The molecular weight excluding hydrogens is 466 g/mol. The summed E-state index contributed by atoms with van der Waals surface area (Å²) in [6.07, 6.45) is 3.06. The largest absolute Gasteiger partial charge is 0.497 e. The van der Waals surface area contributed by atoms with Crippen molar-refractivity contribution in [3.63, 3.8) is 0 Å². The molecule has 0 radical (unpaired) electrons. The molecule has 4 aromatic rings. The molecule has 0 atom stereocenters. The van der Waals surface area contributed by atoms with Crippen LogP contribution in [0, 0.1) is 0 Å². The Morgan fingerprint density at radius 2 is 1.94 bits per heavy atom. The fraction of sp³-hybridized carbons (Fsp3) is 0.182. The normalized spacial score (nSPS) is 10.9. The van der Waals surface area contributed by atoms with Gasteiger partial charge in [0, 0.05) is 29.2 Å². The fourth-order valence-corrected chi connectivity index (χ4v) is 4.12. The lowest BCUT2D eigenvalue weighted by Crippen LogP contribution is -2.28. The van der Waals surface area contributed by atoms with Crippen LogP contribution in [0.4, 0.5) is 5.69 Å². The van der Waals surface area contributed by atoms with E-state index >= 15 is 0 Å². The van der Waals surface area contributed by atoms with Gasteiger partial charge in [-0.25, -0.2) is 18.9 Å². The summed E-state index contributed by atoms with van der Waals surface area (Å²) < 4.78 is 12.9. The van der Waals surface area contributed by atoms with Gasteiger partial charge in [-0.05, 0) is 29.8 Å². The molecule has 2 heterocycles. The number of aromatic nitrogens is 4. The predicted molar refractivity (Wildman–Crippen MR) is 126 cm³/mol. The first-order chi connectivity index (χ1) is 16.0.